The lowest BCUT2D eigenvalue weighted by Gasteiger charge is -2.28. The standard InChI is InChI=1S/C14H14F5NO/c1-3-9-11(8-6-4-5-7-10(8)21-9)12(20-2)13(15,16)14(17,18)19/h4-7,12,20H,3H2,1-2H3. The van der Waals surface area contributed by atoms with Crippen molar-refractivity contribution in [2.24, 2.45) is 0 Å². The van der Waals surface area contributed by atoms with Crippen molar-refractivity contribution in [3.05, 3.63) is 35.6 Å². The minimum atomic E-state index is -5.65. The number of aryl methyl sites for hydroxylation is 1. The first-order valence-electron chi connectivity index (χ1n) is 6.36. The minimum Gasteiger partial charge on any atom is -0.461 e. The average Bonchev–Trinajstić information content (AvgIpc) is 2.77. The van der Waals surface area contributed by atoms with Gasteiger partial charge in [0.05, 0.1) is 0 Å². The molecule has 0 spiro atoms. The van der Waals surface area contributed by atoms with Crippen molar-refractivity contribution in [2.45, 2.75) is 31.5 Å². The second-order valence-electron chi connectivity index (χ2n) is 4.63. The van der Waals surface area contributed by atoms with Gasteiger partial charge in [-0.3, -0.25) is 0 Å². The Bertz CT molecular complexity index is 632. The van der Waals surface area contributed by atoms with E-state index < -0.39 is 18.1 Å². The molecular weight excluding hydrogens is 293 g/mol. The topological polar surface area (TPSA) is 25.2 Å². The summed E-state index contributed by atoms with van der Waals surface area (Å²) in [7, 11) is 1.07. The average molecular weight is 307 g/mol. The Hall–Kier alpha value is -1.63. The summed E-state index contributed by atoms with van der Waals surface area (Å²) in [4.78, 5) is 0. The van der Waals surface area contributed by atoms with E-state index in [1.54, 1.807) is 19.1 Å². The first-order valence-corrected chi connectivity index (χ1v) is 6.36. The quantitative estimate of drug-likeness (QED) is 0.844. The Morgan fingerprint density at radius 1 is 1.14 bits per heavy atom. The van der Waals surface area contributed by atoms with Crippen molar-refractivity contribution in [3.63, 3.8) is 0 Å². The summed E-state index contributed by atoms with van der Waals surface area (Å²) in [6.07, 6.45) is -5.43. The predicted molar refractivity (Wildman–Crippen MR) is 68.4 cm³/mol. The van der Waals surface area contributed by atoms with Crippen LogP contribution in [0.5, 0.6) is 0 Å². The van der Waals surface area contributed by atoms with Crippen LogP contribution in [-0.4, -0.2) is 19.1 Å². The van der Waals surface area contributed by atoms with E-state index in [4.69, 9.17) is 4.42 Å². The molecule has 116 valence electrons. The lowest BCUT2D eigenvalue weighted by molar-refractivity contribution is -0.293. The molecule has 0 saturated carbocycles. The van der Waals surface area contributed by atoms with Gasteiger partial charge in [0.1, 0.15) is 17.4 Å². The highest BCUT2D eigenvalue weighted by atomic mass is 19.4. The van der Waals surface area contributed by atoms with Crippen molar-refractivity contribution in [1.29, 1.82) is 0 Å². The lowest BCUT2D eigenvalue weighted by atomic mass is 9.96. The SMILES string of the molecule is CCc1oc2ccccc2c1C(NC)C(F)(F)C(F)(F)F. The molecule has 0 radical (unpaired) electrons. The van der Waals surface area contributed by atoms with Gasteiger partial charge in [0, 0.05) is 17.4 Å². The van der Waals surface area contributed by atoms with Crippen LogP contribution in [0, 0.1) is 0 Å². The number of nitrogens with one attached hydrogen (secondary N) is 1. The zero-order valence-corrected chi connectivity index (χ0v) is 11.4. The van der Waals surface area contributed by atoms with Gasteiger partial charge in [0.2, 0.25) is 0 Å². The van der Waals surface area contributed by atoms with Crippen LogP contribution in [0.2, 0.25) is 0 Å². The molecule has 1 N–H and O–H groups in total. The number of para-hydroxylation sites is 1. The Kier molecular flexibility index (Phi) is 3.97. The number of benzene rings is 1. The molecule has 1 atom stereocenters. The fourth-order valence-corrected chi connectivity index (χ4v) is 2.37. The third-order valence-corrected chi connectivity index (χ3v) is 3.35. The Balaban J connectivity index is 2.68. The Labute approximate surface area is 117 Å². The second-order valence-corrected chi connectivity index (χ2v) is 4.63. The molecule has 0 aliphatic heterocycles. The van der Waals surface area contributed by atoms with Crippen molar-refractivity contribution in [1.82, 2.24) is 5.32 Å². The molecule has 1 unspecified atom stereocenters. The highest BCUT2D eigenvalue weighted by Crippen LogP contribution is 2.47. The number of rotatable bonds is 4. The summed E-state index contributed by atoms with van der Waals surface area (Å²) < 4.78 is 71.0. The Morgan fingerprint density at radius 3 is 2.29 bits per heavy atom. The van der Waals surface area contributed by atoms with E-state index in [1.165, 1.54) is 12.1 Å². The van der Waals surface area contributed by atoms with Crippen LogP contribution in [0.4, 0.5) is 22.0 Å². The number of fused-ring (bicyclic) bond motifs is 1. The van der Waals surface area contributed by atoms with Gasteiger partial charge in [-0.05, 0) is 13.1 Å². The molecule has 0 fully saturated rings. The number of halogens is 5. The fourth-order valence-electron chi connectivity index (χ4n) is 2.37. The maximum atomic E-state index is 13.8. The highest BCUT2D eigenvalue weighted by molar-refractivity contribution is 5.83. The van der Waals surface area contributed by atoms with Crippen LogP contribution in [0.1, 0.15) is 24.3 Å². The van der Waals surface area contributed by atoms with E-state index in [2.05, 4.69) is 5.32 Å². The first-order chi connectivity index (χ1) is 9.74. The fraction of sp³-hybridized carbons (Fsp3) is 0.429. The maximum Gasteiger partial charge on any atom is 0.455 e. The molecule has 2 rings (SSSR count). The van der Waals surface area contributed by atoms with Crippen molar-refractivity contribution < 1.29 is 26.4 Å². The van der Waals surface area contributed by atoms with Crippen LogP contribution in [-0.2, 0) is 6.42 Å². The third kappa shape index (κ3) is 2.50. The van der Waals surface area contributed by atoms with E-state index >= 15 is 0 Å². The summed E-state index contributed by atoms with van der Waals surface area (Å²) in [5.41, 5.74) is 0.153. The van der Waals surface area contributed by atoms with Gasteiger partial charge in [-0.25, -0.2) is 0 Å². The molecule has 2 aromatic rings. The normalized spacial score (nSPS) is 14.6. The van der Waals surface area contributed by atoms with Gasteiger partial charge in [0.25, 0.3) is 0 Å². The number of furan rings is 1. The zero-order chi connectivity index (χ0) is 15.8. The number of alkyl halides is 5. The molecule has 21 heavy (non-hydrogen) atoms. The van der Waals surface area contributed by atoms with Crippen LogP contribution < -0.4 is 5.32 Å². The predicted octanol–water partition coefficient (Wildman–Crippen LogP) is 4.45. The molecule has 0 bridgehead atoms. The molecule has 1 heterocycles. The second kappa shape index (κ2) is 5.29. The van der Waals surface area contributed by atoms with E-state index in [0.717, 1.165) is 7.05 Å². The lowest BCUT2D eigenvalue weighted by Crippen LogP contribution is -2.47. The smallest absolute Gasteiger partial charge is 0.455 e. The number of hydrogen-bond donors (Lipinski definition) is 1. The van der Waals surface area contributed by atoms with Crippen LogP contribution in [0.15, 0.2) is 28.7 Å². The van der Waals surface area contributed by atoms with Gasteiger partial charge in [0.15, 0.2) is 0 Å². The highest BCUT2D eigenvalue weighted by Gasteiger charge is 2.63. The van der Waals surface area contributed by atoms with Gasteiger partial charge >= 0.3 is 12.1 Å². The summed E-state index contributed by atoms with van der Waals surface area (Å²) in [5.74, 6) is -4.78. The largest absolute Gasteiger partial charge is 0.461 e. The molecular formula is C14H14F5NO. The number of hydrogen-bond acceptors (Lipinski definition) is 2. The maximum absolute atomic E-state index is 13.8. The van der Waals surface area contributed by atoms with Crippen LogP contribution in [0.3, 0.4) is 0 Å². The van der Waals surface area contributed by atoms with E-state index in [0.29, 0.717) is 5.58 Å². The van der Waals surface area contributed by atoms with Crippen molar-refractivity contribution >= 4 is 11.0 Å². The summed E-state index contributed by atoms with van der Waals surface area (Å²) in [6.45, 7) is 1.64. The van der Waals surface area contributed by atoms with E-state index in [-0.39, 0.29) is 23.1 Å². The Morgan fingerprint density at radius 2 is 1.76 bits per heavy atom. The van der Waals surface area contributed by atoms with Gasteiger partial charge in [-0.2, -0.15) is 22.0 Å². The van der Waals surface area contributed by atoms with E-state index in [1.807, 2.05) is 0 Å². The van der Waals surface area contributed by atoms with Gasteiger partial charge in [-0.1, -0.05) is 25.1 Å². The molecule has 2 nitrogen and oxygen atoms in total. The van der Waals surface area contributed by atoms with Crippen molar-refractivity contribution in [2.75, 3.05) is 7.05 Å². The molecule has 0 amide bonds. The van der Waals surface area contributed by atoms with Crippen LogP contribution >= 0.6 is 0 Å². The van der Waals surface area contributed by atoms with Gasteiger partial charge < -0.3 is 9.73 Å². The summed E-state index contributed by atoms with van der Waals surface area (Å²) in [5, 5.41) is 2.35. The molecule has 7 heteroatoms. The van der Waals surface area contributed by atoms with Crippen molar-refractivity contribution in [3.8, 4) is 0 Å². The van der Waals surface area contributed by atoms with Crippen LogP contribution in [0.25, 0.3) is 11.0 Å². The summed E-state index contributed by atoms with van der Waals surface area (Å²) >= 11 is 0. The summed E-state index contributed by atoms with van der Waals surface area (Å²) in [6, 6.07) is 4.02. The minimum absolute atomic E-state index is 0.125. The monoisotopic (exact) mass is 307 g/mol. The zero-order valence-electron chi connectivity index (χ0n) is 11.4. The third-order valence-electron chi connectivity index (χ3n) is 3.35. The molecule has 0 aliphatic carbocycles. The van der Waals surface area contributed by atoms with E-state index in [9.17, 15) is 22.0 Å². The molecule has 1 aromatic heterocycles. The molecule has 1 aromatic carbocycles. The van der Waals surface area contributed by atoms with Gasteiger partial charge in [-0.15, -0.1) is 0 Å². The first kappa shape index (κ1) is 15.8. The molecule has 0 aliphatic rings. The molecule has 0 saturated heterocycles.